The van der Waals surface area contributed by atoms with Gasteiger partial charge in [0.1, 0.15) is 11.5 Å². The molecule has 5 aromatic rings. The average molecular weight is 441 g/mol. The summed E-state index contributed by atoms with van der Waals surface area (Å²) in [5.41, 5.74) is 4.34. The lowest BCUT2D eigenvalue weighted by molar-refractivity contribution is 0.353. The molecule has 0 bridgehead atoms. The molecule has 0 amide bonds. The number of phenolic OH excluding ortho intramolecular Hbond substituents is 1. The first-order valence-corrected chi connectivity index (χ1v) is 10.5. The molecule has 2 N–H and O–H groups in total. The van der Waals surface area contributed by atoms with Gasteiger partial charge in [-0.15, -0.1) is 0 Å². The van der Waals surface area contributed by atoms with E-state index < -0.39 is 0 Å². The number of H-pyrrole nitrogens is 1. The van der Waals surface area contributed by atoms with Gasteiger partial charge in [0.15, 0.2) is 17.1 Å². The van der Waals surface area contributed by atoms with Crippen molar-refractivity contribution in [3.05, 3.63) is 71.9 Å². The molecule has 0 saturated carbocycles. The molecular weight excluding hydrogens is 418 g/mol. The lowest BCUT2D eigenvalue weighted by Crippen LogP contribution is -2.01. The highest BCUT2D eigenvalue weighted by atomic mass is 16.5. The smallest absolute Gasteiger partial charge is 0.164 e. The van der Waals surface area contributed by atoms with Crippen molar-refractivity contribution in [3.8, 4) is 34.3 Å². The first-order chi connectivity index (χ1) is 16.1. The summed E-state index contributed by atoms with van der Waals surface area (Å²) < 4.78 is 17.0. The minimum atomic E-state index is 0.198. The topological polar surface area (TPSA) is 89.5 Å². The number of methoxy groups -OCH3 is 3. The van der Waals surface area contributed by atoms with Crippen LogP contribution in [0.2, 0.25) is 0 Å². The van der Waals surface area contributed by atoms with Gasteiger partial charge in [0.25, 0.3) is 0 Å². The van der Waals surface area contributed by atoms with Crippen molar-refractivity contribution in [2.45, 2.75) is 6.42 Å². The Balaban J connectivity index is 1.86. The minimum absolute atomic E-state index is 0.198. The molecule has 33 heavy (non-hydrogen) atoms. The van der Waals surface area contributed by atoms with Crippen LogP contribution in [0.15, 0.2) is 60.8 Å². The molecule has 2 heterocycles. The average Bonchev–Trinajstić information content (AvgIpc) is 3.32. The van der Waals surface area contributed by atoms with E-state index in [-0.39, 0.29) is 5.75 Å². The zero-order chi connectivity index (χ0) is 22.9. The summed E-state index contributed by atoms with van der Waals surface area (Å²) in [7, 11) is 4.93. The Morgan fingerprint density at radius 1 is 0.909 bits per heavy atom. The highest BCUT2D eigenvalue weighted by Gasteiger charge is 2.22. The standard InChI is InChI=1S/C26H23N3O4/c1-31-18-6-4-5-15(11-18)12-20-23-19(13-22(32-2)25(20)33-3)24(16-7-9-17(30)10-8-16)28-26-21(23)14-27-29-26/h4-11,13-14,30H,12H2,1-3H3,(H,27,28,29). The van der Waals surface area contributed by atoms with Gasteiger partial charge < -0.3 is 19.3 Å². The Kier molecular flexibility index (Phi) is 5.22. The summed E-state index contributed by atoms with van der Waals surface area (Å²) in [5, 5.41) is 19.8. The number of hydrogen-bond acceptors (Lipinski definition) is 6. The van der Waals surface area contributed by atoms with Crippen molar-refractivity contribution in [3.63, 3.8) is 0 Å². The van der Waals surface area contributed by atoms with Crippen LogP contribution in [0.25, 0.3) is 33.1 Å². The van der Waals surface area contributed by atoms with E-state index in [2.05, 4.69) is 16.3 Å². The Morgan fingerprint density at radius 2 is 1.73 bits per heavy atom. The number of fused-ring (bicyclic) bond motifs is 3. The van der Waals surface area contributed by atoms with Crippen LogP contribution in [0, 0.1) is 0 Å². The molecule has 0 aliphatic heterocycles. The van der Waals surface area contributed by atoms with Crippen LogP contribution in [0.5, 0.6) is 23.0 Å². The Labute approximate surface area is 190 Å². The number of rotatable bonds is 6. The summed E-state index contributed by atoms with van der Waals surface area (Å²) in [4.78, 5) is 4.85. The Bertz CT molecular complexity index is 1460. The van der Waals surface area contributed by atoms with E-state index in [0.717, 1.165) is 44.3 Å². The largest absolute Gasteiger partial charge is 0.508 e. The van der Waals surface area contributed by atoms with Crippen molar-refractivity contribution in [2.75, 3.05) is 21.3 Å². The van der Waals surface area contributed by atoms with Crippen molar-refractivity contribution >= 4 is 21.8 Å². The predicted molar refractivity (Wildman–Crippen MR) is 127 cm³/mol. The predicted octanol–water partition coefficient (Wildman–Crippen LogP) is 5.10. The Hall–Kier alpha value is -4.26. The van der Waals surface area contributed by atoms with E-state index in [1.54, 1.807) is 39.7 Å². The number of aromatic amines is 1. The number of hydrogen-bond donors (Lipinski definition) is 2. The minimum Gasteiger partial charge on any atom is -0.508 e. The van der Waals surface area contributed by atoms with Crippen LogP contribution in [0.4, 0.5) is 0 Å². The molecule has 0 fully saturated rings. The molecule has 0 aliphatic carbocycles. The van der Waals surface area contributed by atoms with Crippen LogP contribution in [-0.2, 0) is 6.42 Å². The van der Waals surface area contributed by atoms with Crippen LogP contribution in [-0.4, -0.2) is 41.6 Å². The van der Waals surface area contributed by atoms with Crippen LogP contribution >= 0.6 is 0 Å². The second-order valence-corrected chi connectivity index (χ2v) is 7.68. The summed E-state index contributed by atoms with van der Waals surface area (Å²) in [6.07, 6.45) is 2.37. The maximum Gasteiger partial charge on any atom is 0.164 e. The van der Waals surface area contributed by atoms with Gasteiger partial charge in [0.05, 0.1) is 33.2 Å². The summed E-state index contributed by atoms with van der Waals surface area (Å²) in [5.74, 6) is 2.27. The number of pyridine rings is 1. The van der Waals surface area contributed by atoms with Crippen molar-refractivity contribution < 1.29 is 19.3 Å². The lowest BCUT2D eigenvalue weighted by Gasteiger charge is -2.18. The van der Waals surface area contributed by atoms with Crippen LogP contribution in [0.1, 0.15) is 11.1 Å². The highest BCUT2D eigenvalue weighted by molar-refractivity contribution is 6.13. The first-order valence-electron chi connectivity index (χ1n) is 10.5. The van der Waals surface area contributed by atoms with Crippen molar-refractivity contribution in [1.82, 2.24) is 15.2 Å². The number of phenols is 1. The first kappa shape index (κ1) is 20.6. The molecule has 0 aliphatic rings. The lowest BCUT2D eigenvalue weighted by atomic mass is 9.93. The van der Waals surface area contributed by atoms with Gasteiger partial charge in [-0.1, -0.05) is 12.1 Å². The zero-order valence-electron chi connectivity index (χ0n) is 18.5. The third-order valence-electron chi connectivity index (χ3n) is 5.79. The van der Waals surface area contributed by atoms with E-state index in [4.69, 9.17) is 19.2 Å². The number of ether oxygens (including phenoxy) is 3. The number of nitrogens with one attached hydrogen (secondary N) is 1. The van der Waals surface area contributed by atoms with Gasteiger partial charge in [0, 0.05) is 33.7 Å². The quantitative estimate of drug-likeness (QED) is 0.381. The molecule has 3 aromatic carbocycles. The SMILES string of the molecule is COc1cccc(Cc2c(OC)c(OC)cc3c(-c4ccc(O)cc4)nc4[nH]ncc4c23)c1. The second kappa shape index (κ2) is 8.35. The normalized spacial score (nSPS) is 11.1. The van der Waals surface area contributed by atoms with Gasteiger partial charge in [-0.2, -0.15) is 5.10 Å². The Morgan fingerprint density at radius 3 is 2.45 bits per heavy atom. The van der Waals surface area contributed by atoms with Crippen LogP contribution < -0.4 is 14.2 Å². The number of aromatic hydroxyl groups is 1. The van der Waals surface area contributed by atoms with E-state index in [1.165, 1.54) is 0 Å². The monoisotopic (exact) mass is 441 g/mol. The fraction of sp³-hybridized carbons (Fsp3) is 0.154. The third-order valence-corrected chi connectivity index (χ3v) is 5.79. The second-order valence-electron chi connectivity index (χ2n) is 7.68. The van der Waals surface area contributed by atoms with Gasteiger partial charge in [0.2, 0.25) is 0 Å². The molecule has 0 spiro atoms. The molecule has 166 valence electrons. The molecule has 0 unspecified atom stereocenters. The molecule has 7 heteroatoms. The number of aromatic nitrogens is 3. The van der Waals surface area contributed by atoms with Crippen molar-refractivity contribution in [2.24, 2.45) is 0 Å². The van der Waals surface area contributed by atoms with Gasteiger partial charge in [-0.05, 0) is 48.0 Å². The van der Waals surface area contributed by atoms with Gasteiger partial charge in [-0.3, -0.25) is 5.10 Å². The number of nitrogens with zero attached hydrogens (tertiary/aromatic N) is 2. The van der Waals surface area contributed by atoms with Gasteiger partial charge >= 0.3 is 0 Å². The highest BCUT2D eigenvalue weighted by Crippen LogP contribution is 2.44. The van der Waals surface area contributed by atoms with Gasteiger partial charge in [-0.25, -0.2) is 4.98 Å². The molecule has 0 atom stereocenters. The van der Waals surface area contributed by atoms with E-state index in [1.807, 2.05) is 36.4 Å². The summed E-state index contributed by atoms with van der Waals surface area (Å²) in [6, 6.07) is 16.9. The number of benzene rings is 3. The van der Waals surface area contributed by atoms with E-state index in [0.29, 0.717) is 23.6 Å². The van der Waals surface area contributed by atoms with Crippen molar-refractivity contribution in [1.29, 1.82) is 0 Å². The molecule has 5 rings (SSSR count). The van der Waals surface area contributed by atoms with E-state index >= 15 is 0 Å². The maximum atomic E-state index is 9.77. The fourth-order valence-electron chi connectivity index (χ4n) is 4.28. The van der Waals surface area contributed by atoms with Crippen LogP contribution in [0.3, 0.4) is 0 Å². The molecular formula is C26H23N3O4. The zero-order valence-corrected chi connectivity index (χ0v) is 18.5. The molecule has 7 nitrogen and oxygen atoms in total. The fourth-order valence-corrected chi connectivity index (χ4v) is 4.28. The summed E-state index contributed by atoms with van der Waals surface area (Å²) in [6.45, 7) is 0. The molecule has 2 aromatic heterocycles. The maximum absolute atomic E-state index is 9.77. The third kappa shape index (κ3) is 3.57. The molecule has 0 saturated heterocycles. The summed E-state index contributed by atoms with van der Waals surface area (Å²) >= 11 is 0. The van der Waals surface area contributed by atoms with E-state index in [9.17, 15) is 5.11 Å². The molecule has 0 radical (unpaired) electrons.